The highest BCUT2D eigenvalue weighted by Crippen LogP contribution is 2.13. The maximum absolute atomic E-state index is 10.9. The number of halogens is 1. The van der Waals surface area contributed by atoms with E-state index in [0.717, 1.165) is 10.0 Å². The lowest BCUT2D eigenvalue weighted by Gasteiger charge is -2.13. The molecule has 1 rings (SSSR count). The molecule has 1 amide bonds. The molecule has 0 saturated carbocycles. The van der Waals surface area contributed by atoms with E-state index in [1.807, 2.05) is 24.3 Å². The van der Waals surface area contributed by atoms with Crippen LogP contribution in [0.3, 0.4) is 0 Å². The Balaban J connectivity index is 2.75. The molecule has 0 aromatic heterocycles. The molecule has 0 radical (unpaired) electrons. The minimum Gasteiger partial charge on any atom is -0.480 e. The first kappa shape index (κ1) is 12.7. The lowest BCUT2D eigenvalue weighted by atomic mass is 10.1. The zero-order valence-corrected chi connectivity index (χ0v) is 10.3. The molecule has 16 heavy (non-hydrogen) atoms. The Labute approximate surface area is 102 Å². The van der Waals surface area contributed by atoms with Crippen molar-refractivity contribution in [2.75, 3.05) is 0 Å². The maximum Gasteiger partial charge on any atom is 0.326 e. The Morgan fingerprint density at radius 2 is 2.19 bits per heavy atom. The molecule has 0 aliphatic carbocycles. The van der Waals surface area contributed by atoms with Gasteiger partial charge < -0.3 is 10.4 Å². The number of nitrogens with one attached hydrogen (secondary N) is 1. The fraction of sp³-hybridized carbons (Fsp3) is 0.273. The van der Waals surface area contributed by atoms with Crippen LogP contribution < -0.4 is 5.32 Å². The van der Waals surface area contributed by atoms with Gasteiger partial charge in [-0.3, -0.25) is 4.79 Å². The van der Waals surface area contributed by atoms with Crippen molar-refractivity contribution in [3.63, 3.8) is 0 Å². The third kappa shape index (κ3) is 4.02. The summed E-state index contributed by atoms with van der Waals surface area (Å²) in [5.74, 6) is -1.38. The Hall–Kier alpha value is -1.36. The van der Waals surface area contributed by atoms with E-state index in [1.54, 1.807) is 0 Å². The molecule has 0 bridgehead atoms. The molecule has 86 valence electrons. The van der Waals surface area contributed by atoms with E-state index in [1.165, 1.54) is 6.92 Å². The van der Waals surface area contributed by atoms with Gasteiger partial charge in [-0.1, -0.05) is 28.1 Å². The van der Waals surface area contributed by atoms with Gasteiger partial charge in [-0.15, -0.1) is 0 Å². The predicted molar refractivity (Wildman–Crippen MR) is 63.1 cm³/mol. The number of hydrogen-bond donors (Lipinski definition) is 2. The van der Waals surface area contributed by atoms with Crippen molar-refractivity contribution < 1.29 is 14.7 Å². The number of carbonyl (C=O) groups excluding carboxylic acids is 1. The average Bonchev–Trinajstić information content (AvgIpc) is 2.15. The van der Waals surface area contributed by atoms with Gasteiger partial charge >= 0.3 is 5.97 Å². The van der Waals surface area contributed by atoms with Crippen LogP contribution in [-0.4, -0.2) is 23.0 Å². The van der Waals surface area contributed by atoms with E-state index in [-0.39, 0.29) is 12.3 Å². The van der Waals surface area contributed by atoms with Gasteiger partial charge in [0.1, 0.15) is 6.04 Å². The monoisotopic (exact) mass is 285 g/mol. The van der Waals surface area contributed by atoms with Crippen LogP contribution in [0.5, 0.6) is 0 Å². The van der Waals surface area contributed by atoms with Crippen LogP contribution in [0.25, 0.3) is 0 Å². The van der Waals surface area contributed by atoms with E-state index < -0.39 is 12.0 Å². The molecule has 0 saturated heterocycles. The summed E-state index contributed by atoms with van der Waals surface area (Å²) < 4.78 is 0.886. The van der Waals surface area contributed by atoms with Crippen LogP contribution in [0, 0.1) is 0 Å². The van der Waals surface area contributed by atoms with Crippen LogP contribution in [0.4, 0.5) is 0 Å². The van der Waals surface area contributed by atoms with Crippen LogP contribution >= 0.6 is 15.9 Å². The molecule has 0 spiro atoms. The van der Waals surface area contributed by atoms with Crippen molar-refractivity contribution in [3.05, 3.63) is 34.3 Å². The molecule has 4 nitrogen and oxygen atoms in total. The maximum atomic E-state index is 10.9. The lowest BCUT2D eigenvalue weighted by Crippen LogP contribution is -2.41. The highest BCUT2D eigenvalue weighted by molar-refractivity contribution is 9.10. The first-order chi connectivity index (χ1) is 7.49. The summed E-state index contributed by atoms with van der Waals surface area (Å²) in [5.41, 5.74) is 0.857. The lowest BCUT2D eigenvalue weighted by molar-refractivity contribution is -0.141. The summed E-state index contributed by atoms with van der Waals surface area (Å²) in [4.78, 5) is 21.7. The second-order valence-corrected chi connectivity index (χ2v) is 4.34. The fourth-order valence-electron chi connectivity index (χ4n) is 1.35. The average molecular weight is 286 g/mol. The van der Waals surface area contributed by atoms with Crippen LogP contribution in [0.1, 0.15) is 12.5 Å². The molecule has 1 unspecified atom stereocenters. The highest BCUT2D eigenvalue weighted by Gasteiger charge is 2.18. The molecule has 0 aliphatic rings. The van der Waals surface area contributed by atoms with Crippen molar-refractivity contribution in [2.24, 2.45) is 0 Å². The molecule has 0 fully saturated rings. The number of carboxylic acid groups (broad SMARTS) is 1. The van der Waals surface area contributed by atoms with Gasteiger partial charge in [-0.25, -0.2) is 4.79 Å². The standard InChI is InChI=1S/C11H12BrNO3/c1-7(14)13-10(11(15)16)6-8-3-2-4-9(12)5-8/h2-5,10H,6H2,1H3,(H,13,14)(H,15,16). The van der Waals surface area contributed by atoms with Crippen molar-refractivity contribution in [1.29, 1.82) is 0 Å². The van der Waals surface area contributed by atoms with Crippen LogP contribution in [0.2, 0.25) is 0 Å². The summed E-state index contributed by atoms with van der Waals surface area (Å²) in [6.45, 7) is 1.30. The van der Waals surface area contributed by atoms with Crippen molar-refractivity contribution in [1.82, 2.24) is 5.32 Å². The van der Waals surface area contributed by atoms with Crippen LogP contribution in [-0.2, 0) is 16.0 Å². The smallest absolute Gasteiger partial charge is 0.326 e. The predicted octanol–water partition coefficient (Wildman–Crippen LogP) is 1.58. The third-order valence-corrected chi connectivity index (χ3v) is 2.50. The van der Waals surface area contributed by atoms with Gasteiger partial charge in [0.05, 0.1) is 0 Å². The van der Waals surface area contributed by atoms with Crippen LogP contribution in [0.15, 0.2) is 28.7 Å². The number of carboxylic acids is 1. The molecule has 5 heteroatoms. The number of aliphatic carboxylic acids is 1. The Bertz CT molecular complexity index is 406. The molecular formula is C11H12BrNO3. The molecule has 0 aliphatic heterocycles. The van der Waals surface area contributed by atoms with E-state index in [9.17, 15) is 9.59 Å². The number of carbonyl (C=O) groups is 2. The van der Waals surface area contributed by atoms with Crippen molar-refractivity contribution in [3.8, 4) is 0 Å². The van der Waals surface area contributed by atoms with Crippen molar-refractivity contribution in [2.45, 2.75) is 19.4 Å². The number of amides is 1. The summed E-state index contributed by atoms with van der Waals surface area (Å²) in [5, 5.41) is 11.3. The fourth-order valence-corrected chi connectivity index (χ4v) is 1.79. The minimum atomic E-state index is -1.03. The highest BCUT2D eigenvalue weighted by atomic mass is 79.9. The first-order valence-corrected chi connectivity index (χ1v) is 5.52. The zero-order chi connectivity index (χ0) is 12.1. The minimum absolute atomic E-state index is 0.272. The largest absolute Gasteiger partial charge is 0.480 e. The van der Waals surface area contributed by atoms with E-state index >= 15 is 0 Å². The van der Waals surface area contributed by atoms with E-state index in [0.29, 0.717) is 0 Å². The van der Waals surface area contributed by atoms with E-state index in [4.69, 9.17) is 5.11 Å². The van der Waals surface area contributed by atoms with Gasteiger partial charge in [-0.2, -0.15) is 0 Å². The second kappa shape index (κ2) is 5.65. The number of hydrogen-bond acceptors (Lipinski definition) is 2. The van der Waals surface area contributed by atoms with Gasteiger partial charge in [0.15, 0.2) is 0 Å². The molecule has 2 N–H and O–H groups in total. The van der Waals surface area contributed by atoms with Gasteiger partial charge in [0, 0.05) is 17.8 Å². The molecular weight excluding hydrogens is 274 g/mol. The van der Waals surface area contributed by atoms with E-state index in [2.05, 4.69) is 21.2 Å². The zero-order valence-electron chi connectivity index (χ0n) is 8.74. The summed E-state index contributed by atoms with van der Waals surface area (Å²) in [6.07, 6.45) is 0.272. The summed E-state index contributed by atoms with van der Waals surface area (Å²) in [6, 6.07) is 6.45. The van der Waals surface area contributed by atoms with Gasteiger partial charge in [0.2, 0.25) is 5.91 Å². The Morgan fingerprint density at radius 1 is 1.50 bits per heavy atom. The molecule has 1 aromatic carbocycles. The topological polar surface area (TPSA) is 66.4 Å². The molecule has 1 atom stereocenters. The second-order valence-electron chi connectivity index (χ2n) is 3.43. The molecule has 1 aromatic rings. The van der Waals surface area contributed by atoms with Gasteiger partial charge in [-0.05, 0) is 17.7 Å². The van der Waals surface area contributed by atoms with Crippen molar-refractivity contribution >= 4 is 27.8 Å². The summed E-state index contributed by atoms with van der Waals surface area (Å²) in [7, 11) is 0. The number of rotatable bonds is 4. The third-order valence-electron chi connectivity index (χ3n) is 2.00. The number of benzene rings is 1. The first-order valence-electron chi connectivity index (χ1n) is 4.73. The Kier molecular flexibility index (Phi) is 4.49. The molecule has 0 heterocycles. The summed E-state index contributed by atoms with van der Waals surface area (Å²) >= 11 is 3.31. The normalized spacial score (nSPS) is 11.9. The quantitative estimate of drug-likeness (QED) is 0.883. The SMILES string of the molecule is CC(=O)NC(Cc1cccc(Br)c1)C(=O)O. The Morgan fingerprint density at radius 3 is 2.69 bits per heavy atom. The van der Waals surface area contributed by atoms with Gasteiger partial charge in [0.25, 0.3) is 0 Å².